The fourth-order valence-corrected chi connectivity index (χ4v) is 1.87. The summed E-state index contributed by atoms with van der Waals surface area (Å²) in [6, 6.07) is 7.99. The van der Waals surface area contributed by atoms with Gasteiger partial charge in [-0.25, -0.2) is 4.99 Å². The Balaban J connectivity index is 0.00000220. The van der Waals surface area contributed by atoms with E-state index in [4.69, 9.17) is 16.3 Å². The molecular formula is C15H23ClIN3O. The van der Waals surface area contributed by atoms with Crippen molar-refractivity contribution in [3.63, 3.8) is 0 Å². The maximum atomic E-state index is 5.85. The molecule has 4 nitrogen and oxygen atoms in total. The zero-order chi connectivity index (χ0) is 14.4. The van der Waals surface area contributed by atoms with Crippen molar-refractivity contribution < 1.29 is 4.74 Å². The summed E-state index contributed by atoms with van der Waals surface area (Å²) in [6.07, 6.45) is 2.49. The van der Waals surface area contributed by atoms with Crippen LogP contribution in [0.5, 0.6) is 5.75 Å². The maximum absolute atomic E-state index is 5.85. The van der Waals surface area contributed by atoms with Crippen LogP contribution < -0.4 is 15.4 Å². The van der Waals surface area contributed by atoms with Gasteiger partial charge in [0.2, 0.25) is 0 Å². The minimum atomic E-state index is 0. The number of rotatable bonds is 6. The lowest BCUT2D eigenvalue weighted by Crippen LogP contribution is -2.39. The molecule has 1 aromatic carbocycles. The Kier molecular flexibility index (Phi) is 8.18. The molecule has 0 heterocycles. The Bertz CT molecular complexity index is 449. The Morgan fingerprint density at radius 1 is 1.38 bits per heavy atom. The summed E-state index contributed by atoms with van der Waals surface area (Å²) in [6.45, 7) is 5.56. The van der Waals surface area contributed by atoms with Crippen molar-refractivity contribution in [2.75, 3.05) is 13.1 Å². The van der Waals surface area contributed by atoms with Crippen molar-refractivity contribution in [1.82, 2.24) is 10.6 Å². The van der Waals surface area contributed by atoms with E-state index in [9.17, 15) is 0 Å². The summed E-state index contributed by atoms with van der Waals surface area (Å²) in [4.78, 5) is 4.55. The van der Waals surface area contributed by atoms with E-state index in [-0.39, 0.29) is 30.1 Å². The van der Waals surface area contributed by atoms with Crippen molar-refractivity contribution in [1.29, 1.82) is 0 Å². The molecule has 0 bridgehead atoms. The highest BCUT2D eigenvalue weighted by molar-refractivity contribution is 14.0. The second-order valence-electron chi connectivity index (χ2n) is 5.02. The molecular weight excluding hydrogens is 401 g/mol. The van der Waals surface area contributed by atoms with Gasteiger partial charge >= 0.3 is 0 Å². The monoisotopic (exact) mass is 423 g/mol. The predicted octanol–water partition coefficient (Wildman–Crippen LogP) is 3.44. The highest BCUT2D eigenvalue weighted by Gasteiger charge is 2.22. The molecule has 0 amide bonds. The Morgan fingerprint density at radius 2 is 2.05 bits per heavy atom. The van der Waals surface area contributed by atoms with Crippen LogP contribution in [0, 0.1) is 0 Å². The number of nitrogens with zero attached hydrogens (tertiary/aromatic N) is 1. The SMILES string of the molecule is CCNC(=NCC(C)Oc1ccc(Cl)cc1)NC1CC1.I. The van der Waals surface area contributed by atoms with Gasteiger partial charge in [0.1, 0.15) is 11.9 Å². The van der Waals surface area contributed by atoms with Gasteiger partial charge in [-0.2, -0.15) is 0 Å². The van der Waals surface area contributed by atoms with E-state index in [1.807, 2.05) is 31.2 Å². The molecule has 0 saturated heterocycles. The first-order chi connectivity index (χ1) is 9.67. The number of benzene rings is 1. The van der Waals surface area contributed by atoms with E-state index in [1.54, 1.807) is 0 Å². The van der Waals surface area contributed by atoms with E-state index >= 15 is 0 Å². The van der Waals surface area contributed by atoms with Gasteiger partial charge in [-0.15, -0.1) is 24.0 Å². The fraction of sp³-hybridized carbons (Fsp3) is 0.533. The Morgan fingerprint density at radius 3 is 2.62 bits per heavy atom. The molecule has 0 radical (unpaired) electrons. The summed E-state index contributed by atoms with van der Waals surface area (Å²) >= 11 is 5.85. The molecule has 2 N–H and O–H groups in total. The summed E-state index contributed by atoms with van der Waals surface area (Å²) in [5, 5.41) is 7.34. The van der Waals surface area contributed by atoms with Crippen LogP contribution in [0.3, 0.4) is 0 Å². The quantitative estimate of drug-likeness (QED) is 0.418. The number of guanidine groups is 1. The molecule has 21 heavy (non-hydrogen) atoms. The normalized spacial score (nSPS) is 15.9. The lowest BCUT2D eigenvalue weighted by molar-refractivity contribution is 0.230. The molecule has 1 saturated carbocycles. The summed E-state index contributed by atoms with van der Waals surface area (Å²) in [7, 11) is 0. The second kappa shape index (κ2) is 9.35. The van der Waals surface area contributed by atoms with Gasteiger partial charge in [0.25, 0.3) is 0 Å². The maximum Gasteiger partial charge on any atom is 0.191 e. The minimum absolute atomic E-state index is 0. The summed E-state index contributed by atoms with van der Waals surface area (Å²) in [5.41, 5.74) is 0. The molecule has 6 heteroatoms. The molecule has 118 valence electrons. The van der Waals surface area contributed by atoms with E-state index in [0.717, 1.165) is 18.3 Å². The van der Waals surface area contributed by atoms with Gasteiger partial charge in [-0.3, -0.25) is 0 Å². The summed E-state index contributed by atoms with van der Waals surface area (Å²) in [5.74, 6) is 1.69. The fourth-order valence-electron chi connectivity index (χ4n) is 1.74. The smallest absolute Gasteiger partial charge is 0.191 e. The lowest BCUT2D eigenvalue weighted by Gasteiger charge is -2.15. The predicted molar refractivity (Wildman–Crippen MR) is 99.1 cm³/mol. The average molecular weight is 424 g/mol. The molecule has 1 atom stereocenters. The molecule has 0 aliphatic heterocycles. The topological polar surface area (TPSA) is 45.7 Å². The van der Waals surface area contributed by atoms with Gasteiger partial charge in [-0.05, 0) is 51.0 Å². The van der Waals surface area contributed by atoms with E-state index < -0.39 is 0 Å². The zero-order valence-electron chi connectivity index (χ0n) is 12.4. The third kappa shape index (κ3) is 7.22. The molecule has 0 aromatic heterocycles. The van der Waals surface area contributed by atoms with Gasteiger partial charge in [-0.1, -0.05) is 11.6 Å². The highest BCUT2D eigenvalue weighted by atomic mass is 127. The van der Waals surface area contributed by atoms with E-state index in [0.29, 0.717) is 17.6 Å². The van der Waals surface area contributed by atoms with Crippen molar-refractivity contribution >= 4 is 41.5 Å². The molecule has 1 aromatic rings. The number of hydrogen-bond donors (Lipinski definition) is 2. The lowest BCUT2D eigenvalue weighted by atomic mass is 10.3. The van der Waals surface area contributed by atoms with Crippen LogP contribution in [-0.2, 0) is 0 Å². The van der Waals surface area contributed by atoms with Gasteiger partial charge in [0.05, 0.1) is 6.54 Å². The number of hydrogen-bond acceptors (Lipinski definition) is 2. The van der Waals surface area contributed by atoms with Crippen LogP contribution in [0.15, 0.2) is 29.3 Å². The standard InChI is InChI=1S/C15H22ClN3O.HI/c1-3-17-15(19-13-6-7-13)18-10-11(2)20-14-8-4-12(16)5-9-14;/h4-5,8-9,11,13H,3,6-7,10H2,1-2H3,(H2,17,18,19);1H. The van der Waals surface area contributed by atoms with Crippen LogP contribution in [0.1, 0.15) is 26.7 Å². The number of aliphatic imine (C=N–C) groups is 1. The third-order valence-corrected chi connectivity index (χ3v) is 3.17. The molecule has 2 rings (SSSR count). The number of nitrogens with one attached hydrogen (secondary N) is 2. The first-order valence-corrected chi connectivity index (χ1v) is 7.52. The van der Waals surface area contributed by atoms with Crippen LogP contribution in [0.2, 0.25) is 5.02 Å². The Labute approximate surface area is 148 Å². The average Bonchev–Trinajstić information content (AvgIpc) is 3.23. The summed E-state index contributed by atoms with van der Waals surface area (Å²) < 4.78 is 5.80. The van der Waals surface area contributed by atoms with Gasteiger partial charge < -0.3 is 15.4 Å². The number of halogens is 2. The highest BCUT2D eigenvalue weighted by Crippen LogP contribution is 2.18. The van der Waals surface area contributed by atoms with Crippen LogP contribution in [0.25, 0.3) is 0 Å². The first kappa shape index (κ1) is 18.4. The second-order valence-corrected chi connectivity index (χ2v) is 5.46. The van der Waals surface area contributed by atoms with Crippen LogP contribution in [0.4, 0.5) is 0 Å². The van der Waals surface area contributed by atoms with Crippen LogP contribution >= 0.6 is 35.6 Å². The van der Waals surface area contributed by atoms with Crippen molar-refractivity contribution in [3.8, 4) is 5.75 Å². The molecule has 1 fully saturated rings. The zero-order valence-corrected chi connectivity index (χ0v) is 15.5. The third-order valence-electron chi connectivity index (χ3n) is 2.92. The molecule has 1 aliphatic carbocycles. The van der Waals surface area contributed by atoms with Gasteiger partial charge in [0.15, 0.2) is 5.96 Å². The molecule has 1 unspecified atom stereocenters. The largest absolute Gasteiger partial charge is 0.489 e. The minimum Gasteiger partial charge on any atom is -0.489 e. The number of ether oxygens (including phenoxy) is 1. The molecule has 0 spiro atoms. The first-order valence-electron chi connectivity index (χ1n) is 7.14. The van der Waals surface area contributed by atoms with Crippen molar-refractivity contribution in [2.45, 2.75) is 38.8 Å². The van der Waals surface area contributed by atoms with Crippen LogP contribution in [-0.4, -0.2) is 31.2 Å². The van der Waals surface area contributed by atoms with Crippen molar-refractivity contribution in [3.05, 3.63) is 29.3 Å². The Hall–Kier alpha value is -0.690. The van der Waals surface area contributed by atoms with E-state index in [1.165, 1.54) is 12.8 Å². The van der Waals surface area contributed by atoms with E-state index in [2.05, 4.69) is 22.5 Å². The van der Waals surface area contributed by atoms with Gasteiger partial charge in [0, 0.05) is 17.6 Å². The molecule has 1 aliphatic rings. The van der Waals surface area contributed by atoms with Crippen molar-refractivity contribution in [2.24, 2.45) is 4.99 Å².